The van der Waals surface area contributed by atoms with Crippen LogP contribution in [0.3, 0.4) is 0 Å². The summed E-state index contributed by atoms with van der Waals surface area (Å²) >= 11 is 0. The van der Waals surface area contributed by atoms with Crippen molar-refractivity contribution in [1.82, 2.24) is 14.5 Å². The molecule has 0 radical (unpaired) electrons. The SMILES string of the molecule is CC1(C)c2ccccc2-c2cc3c(cc21)C=Cc1cc(-c2ccc4c5ccccc5n(-c5ccccc5)c4c2)ccc1N3c1cc(-c2ccccc2)nc(-c2ccccc2)n1. The van der Waals surface area contributed by atoms with Crippen molar-refractivity contribution in [2.24, 2.45) is 0 Å². The van der Waals surface area contributed by atoms with Crippen LogP contribution in [0.1, 0.15) is 36.1 Å². The minimum atomic E-state index is -0.136. The third-order valence-electron chi connectivity index (χ3n) is 12.7. The maximum absolute atomic E-state index is 5.42. The van der Waals surface area contributed by atoms with Crippen molar-refractivity contribution in [3.05, 3.63) is 216 Å². The Labute approximate surface area is 355 Å². The molecular weight excluding hydrogens is 741 g/mol. The Morgan fingerprint density at radius 2 is 1.07 bits per heavy atom. The third kappa shape index (κ3) is 5.60. The lowest BCUT2D eigenvalue weighted by atomic mass is 9.82. The molecule has 61 heavy (non-hydrogen) atoms. The Bertz CT molecular complexity index is 3320. The number of rotatable bonds is 5. The molecule has 0 N–H and O–H groups in total. The molecule has 0 atom stereocenters. The summed E-state index contributed by atoms with van der Waals surface area (Å²) in [5.74, 6) is 1.49. The summed E-state index contributed by atoms with van der Waals surface area (Å²) in [7, 11) is 0. The lowest BCUT2D eigenvalue weighted by molar-refractivity contribution is 0.660. The standard InChI is InChI=1S/C57H40N4/c1-57(2)48-24-14-12-22-44(48)47-35-53-42(33-49(47)57)27-26-41-32-39(40-28-30-46-45-23-13-15-25-52(45)60(54(46)34-40)43-20-10-5-11-21-43)29-31-51(41)61(53)55-36-50(37-16-6-3-7-17-37)58-56(59-55)38-18-8-4-9-19-38/h3-36H,1-2H3. The quantitative estimate of drug-likeness (QED) is 0.174. The lowest BCUT2D eigenvalue weighted by Crippen LogP contribution is -2.17. The van der Waals surface area contributed by atoms with Crippen LogP contribution in [-0.4, -0.2) is 14.5 Å². The summed E-state index contributed by atoms with van der Waals surface area (Å²) in [6.07, 6.45) is 4.58. The van der Waals surface area contributed by atoms with E-state index in [1.807, 2.05) is 12.1 Å². The van der Waals surface area contributed by atoms with E-state index < -0.39 is 0 Å². The van der Waals surface area contributed by atoms with Gasteiger partial charge in [0.1, 0.15) is 5.82 Å². The lowest BCUT2D eigenvalue weighted by Gasteiger charge is -2.29. The number of anilines is 3. The molecule has 4 nitrogen and oxygen atoms in total. The summed E-state index contributed by atoms with van der Waals surface area (Å²) in [6, 6.07) is 69.7. The van der Waals surface area contributed by atoms with E-state index in [-0.39, 0.29) is 5.41 Å². The topological polar surface area (TPSA) is 34.0 Å². The van der Waals surface area contributed by atoms with E-state index in [1.165, 1.54) is 44.1 Å². The molecule has 3 heterocycles. The first-order chi connectivity index (χ1) is 30.0. The molecule has 0 saturated carbocycles. The molecule has 1 aliphatic heterocycles. The van der Waals surface area contributed by atoms with Crippen molar-refractivity contribution in [3.8, 4) is 50.6 Å². The highest BCUT2D eigenvalue weighted by Crippen LogP contribution is 2.53. The molecule has 1 aliphatic carbocycles. The highest BCUT2D eigenvalue weighted by atomic mass is 15.2. The maximum Gasteiger partial charge on any atom is 0.162 e. The van der Waals surface area contributed by atoms with Gasteiger partial charge in [0.15, 0.2) is 5.82 Å². The summed E-state index contributed by atoms with van der Waals surface area (Å²) in [4.78, 5) is 13.0. The van der Waals surface area contributed by atoms with E-state index in [2.05, 4.69) is 217 Å². The fourth-order valence-corrected chi connectivity index (χ4v) is 9.73. The zero-order valence-electron chi connectivity index (χ0n) is 33.9. The molecule has 2 aliphatic rings. The first kappa shape index (κ1) is 35.2. The van der Waals surface area contributed by atoms with Gasteiger partial charge in [-0.2, -0.15) is 0 Å². The molecule has 0 saturated heterocycles. The molecule has 10 aromatic rings. The van der Waals surface area contributed by atoms with Crippen LogP contribution < -0.4 is 4.90 Å². The second-order valence-electron chi connectivity index (χ2n) is 16.7. The van der Waals surface area contributed by atoms with E-state index in [0.717, 1.165) is 62.0 Å². The average Bonchev–Trinajstić information content (AvgIpc) is 3.69. The Balaban J connectivity index is 1.08. The molecule has 0 fully saturated rings. The van der Waals surface area contributed by atoms with Crippen molar-refractivity contribution in [2.45, 2.75) is 19.3 Å². The number of aromatic nitrogens is 3. The van der Waals surface area contributed by atoms with Crippen LogP contribution in [0.25, 0.3) is 84.5 Å². The molecule has 12 rings (SSSR count). The number of benzene rings is 8. The third-order valence-corrected chi connectivity index (χ3v) is 12.7. The van der Waals surface area contributed by atoms with Crippen molar-refractivity contribution >= 4 is 51.2 Å². The largest absolute Gasteiger partial charge is 0.309 e. The molecular formula is C57H40N4. The van der Waals surface area contributed by atoms with Crippen LogP contribution in [0.2, 0.25) is 0 Å². The molecule has 0 amide bonds. The second kappa shape index (κ2) is 13.6. The fourth-order valence-electron chi connectivity index (χ4n) is 9.73. The van der Waals surface area contributed by atoms with E-state index in [1.54, 1.807) is 0 Å². The first-order valence-corrected chi connectivity index (χ1v) is 21.0. The maximum atomic E-state index is 5.42. The van der Waals surface area contributed by atoms with Crippen LogP contribution in [-0.2, 0) is 5.41 Å². The van der Waals surface area contributed by atoms with Gasteiger partial charge in [0, 0.05) is 39.1 Å². The zero-order chi connectivity index (χ0) is 40.7. The normalized spacial score (nSPS) is 13.4. The van der Waals surface area contributed by atoms with Gasteiger partial charge in [0.2, 0.25) is 0 Å². The van der Waals surface area contributed by atoms with E-state index >= 15 is 0 Å². The number of hydrogen-bond acceptors (Lipinski definition) is 3. The van der Waals surface area contributed by atoms with Crippen molar-refractivity contribution in [3.63, 3.8) is 0 Å². The van der Waals surface area contributed by atoms with Gasteiger partial charge in [0.25, 0.3) is 0 Å². The Morgan fingerprint density at radius 3 is 1.87 bits per heavy atom. The Hall–Kier alpha value is -7.82. The van der Waals surface area contributed by atoms with E-state index in [0.29, 0.717) is 5.82 Å². The van der Waals surface area contributed by atoms with Gasteiger partial charge in [-0.15, -0.1) is 0 Å². The van der Waals surface area contributed by atoms with Crippen LogP contribution >= 0.6 is 0 Å². The van der Waals surface area contributed by atoms with Gasteiger partial charge in [-0.25, -0.2) is 9.97 Å². The Morgan fingerprint density at radius 1 is 0.426 bits per heavy atom. The van der Waals surface area contributed by atoms with Crippen molar-refractivity contribution in [1.29, 1.82) is 0 Å². The highest BCUT2D eigenvalue weighted by molar-refractivity contribution is 6.10. The number of fused-ring (bicyclic) bond motifs is 8. The zero-order valence-corrected chi connectivity index (χ0v) is 33.9. The predicted octanol–water partition coefficient (Wildman–Crippen LogP) is 14.8. The van der Waals surface area contributed by atoms with Gasteiger partial charge in [-0.05, 0) is 93.0 Å². The second-order valence-corrected chi connectivity index (χ2v) is 16.7. The fraction of sp³-hybridized carbons (Fsp3) is 0.0526. The van der Waals surface area contributed by atoms with Crippen molar-refractivity contribution in [2.75, 3.05) is 4.90 Å². The summed E-state index contributed by atoms with van der Waals surface area (Å²) in [5.41, 5.74) is 18.2. The highest BCUT2D eigenvalue weighted by Gasteiger charge is 2.37. The number of para-hydroxylation sites is 2. The van der Waals surface area contributed by atoms with Crippen LogP contribution in [0.15, 0.2) is 194 Å². The van der Waals surface area contributed by atoms with Gasteiger partial charge >= 0.3 is 0 Å². The summed E-state index contributed by atoms with van der Waals surface area (Å²) in [6.45, 7) is 4.69. The minimum Gasteiger partial charge on any atom is -0.309 e. The van der Waals surface area contributed by atoms with Crippen molar-refractivity contribution < 1.29 is 0 Å². The van der Waals surface area contributed by atoms with Gasteiger partial charge in [-0.1, -0.05) is 166 Å². The van der Waals surface area contributed by atoms with E-state index in [9.17, 15) is 0 Å². The summed E-state index contributed by atoms with van der Waals surface area (Å²) in [5, 5.41) is 2.49. The van der Waals surface area contributed by atoms with Crippen LogP contribution in [0.4, 0.5) is 17.2 Å². The predicted molar refractivity (Wildman–Crippen MR) is 254 cm³/mol. The van der Waals surface area contributed by atoms with Gasteiger partial charge in [-0.3, -0.25) is 4.90 Å². The average molecular weight is 781 g/mol. The van der Waals surface area contributed by atoms with Crippen LogP contribution in [0.5, 0.6) is 0 Å². The molecule has 2 aromatic heterocycles. The molecule has 0 bridgehead atoms. The van der Waals surface area contributed by atoms with Crippen LogP contribution in [0, 0.1) is 0 Å². The molecule has 288 valence electrons. The van der Waals surface area contributed by atoms with Gasteiger partial charge < -0.3 is 4.57 Å². The molecule has 0 unspecified atom stereocenters. The summed E-state index contributed by atoms with van der Waals surface area (Å²) < 4.78 is 2.39. The first-order valence-electron chi connectivity index (χ1n) is 21.0. The number of hydrogen-bond donors (Lipinski definition) is 0. The minimum absolute atomic E-state index is 0.136. The van der Waals surface area contributed by atoms with E-state index in [4.69, 9.17) is 9.97 Å². The number of nitrogens with zero attached hydrogens (tertiary/aromatic N) is 4. The Kier molecular flexibility index (Phi) is 7.85. The monoisotopic (exact) mass is 780 g/mol. The molecule has 4 heteroatoms. The van der Waals surface area contributed by atoms with Gasteiger partial charge in [0.05, 0.1) is 28.1 Å². The smallest absolute Gasteiger partial charge is 0.162 e. The molecule has 0 spiro atoms. The molecule has 8 aromatic carbocycles.